The van der Waals surface area contributed by atoms with E-state index in [1.165, 1.54) is 12.1 Å². The van der Waals surface area contributed by atoms with Crippen LogP contribution in [0.5, 0.6) is 0 Å². The highest BCUT2D eigenvalue weighted by atomic mass is 32.1. The molecule has 148 valence electrons. The van der Waals surface area contributed by atoms with Crippen LogP contribution in [0.2, 0.25) is 0 Å². The van der Waals surface area contributed by atoms with E-state index in [4.69, 9.17) is 0 Å². The number of carbonyl (C=O) groups is 1. The number of hydrogen-bond donors (Lipinski definition) is 2. The molecule has 2 N–H and O–H groups in total. The van der Waals surface area contributed by atoms with E-state index in [1.54, 1.807) is 11.3 Å². The number of fused-ring (bicyclic) bond motifs is 1. The van der Waals surface area contributed by atoms with E-state index in [1.807, 2.05) is 46.7 Å². The number of carbonyl (C=O) groups excluding carboxylic acids is 1. The van der Waals surface area contributed by atoms with Crippen molar-refractivity contribution < 1.29 is 13.6 Å². The van der Waals surface area contributed by atoms with Crippen LogP contribution in [-0.2, 0) is 0 Å². The number of halogens is 2. The largest absolute Gasteiger partial charge is 0.368 e. The first-order valence-corrected chi connectivity index (χ1v) is 10.4. The van der Waals surface area contributed by atoms with Crippen molar-refractivity contribution in [3.05, 3.63) is 71.6 Å². The molecule has 2 unspecified atom stereocenters. The Balaban J connectivity index is 1.20. The number of piperidine rings is 1. The summed E-state index contributed by atoms with van der Waals surface area (Å²) in [6.45, 7) is 1.31. The summed E-state index contributed by atoms with van der Waals surface area (Å²) in [6.07, 6.45) is 0. The molecule has 1 aromatic heterocycles. The molecule has 0 bridgehead atoms. The molecule has 5 rings (SSSR count). The molecule has 1 saturated heterocycles. The fraction of sp³-hybridized carbons (Fsp3) is 0.227. The minimum atomic E-state index is -0.574. The molecule has 1 aliphatic carbocycles. The van der Waals surface area contributed by atoms with Crippen molar-refractivity contribution in [2.75, 3.05) is 23.3 Å². The lowest BCUT2D eigenvalue weighted by Gasteiger charge is -2.23. The van der Waals surface area contributed by atoms with E-state index in [0.717, 1.165) is 22.2 Å². The van der Waals surface area contributed by atoms with Gasteiger partial charge in [0, 0.05) is 47.5 Å². The summed E-state index contributed by atoms with van der Waals surface area (Å²) in [6, 6.07) is 15.3. The average Bonchev–Trinajstić information content (AvgIpc) is 3.13. The van der Waals surface area contributed by atoms with E-state index < -0.39 is 11.6 Å². The lowest BCUT2D eigenvalue weighted by molar-refractivity contribution is 0.250. The summed E-state index contributed by atoms with van der Waals surface area (Å²) in [5.74, 6) is -0.538. The molecule has 0 radical (unpaired) electrons. The summed E-state index contributed by atoms with van der Waals surface area (Å²) >= 11 is 1.63. The quantitative estimate of drug-likeness (QED) is 0.638. The lowest BCUT2D eigenvalue weighted by Crippen LogP contribution is -2.37. The summed E-state index contributed by atoms with van der Waals surface area (Å²) < 4.78 is 27.1. The Hall–Kier alpha value is -2.93. The number of amides is 2. The molecule has 7 heteroatoms. The molecule has 3 aromatic rings. The van der Waals surface area contributed by atoms with Crippen molar-refractivity contribution in [3.63, 3.8) is 0 Å². The Morgan fingerprint density at radius 1 is 1.03 bits per heavy atom. The Labute approximate surface area is 171 Å². The van der Waals surface area contributed by atoms with Crippen LogP contribution >= 0.6 is 11.3 Å². The van der Waals surface area contributed by atoms with Gasteiger partial charge in [0.2, 0.25) is 0 Å². The maximum atomic E-state index is 14.0. The Bertz CT molecular complexity index is 1040. The molecule has 2 aromatic carbocycles. The zero-order valence-electron chi connectivity index (χ0n) is 15.4. The second-order valence-electron chi connectivity index (χ2n) is 7.48. The van der Waals surface area contributed by atoms with Gasteiger partial charge in [0.15, 0.2) is 0 Å². The predicted octanol–water partition coefficient (Wildman–Crippen LogP) is 4.95. The van der Waals surface area contributed by atoms with Gasteiger partial charge in [-0.3, -0.25) is 0 Å². The standard InChI is InChI=1S/C22H19F2N3OS/c23-13-7-8-19(17(24)10-13)27-11-15-16(12-27)21(15)26-22(28)25-18-5-2-1-4-14(18)20-6-3-9-29-20/h1-10,15-16,21H,11-12H2,(H2,25,26,28). The van der Waals surface area contributed by atoms with Crippen molar-refractivity contribution in [3.8, 4) is 10.4 Å². The highest BCUT2D eigenvalue weighted by molar-refractivity contribution is 7.13. The van der Waals surface area contributed by atoms with E-state index in [2.05, 4.69) is 10.6 Å². The van der Waals surface area contributed by atoms with Crippen LogP contribution in [0.15, 0.2) is 60.0 Å². The Kier molecular flexibility index (Phi) is 4.47. The second kappa shape index (κ2) is 7.15. The van der Waals surface area contributed by atoms with Gasteiger partial charge in [-0.15, -0.1) is 11.3 Å². The number of thiophene rings is 1. The number of hydrogen-bond acceptors (Lipinski definition) is 3. The van der Waals surface area contributed by atoms with Gasteiger partial charge in [-0.25, -0.2) is 13.6 Å². The monoisotopic (exact) mass is 411 g/mol. The Morgan fingerprint density at radius 2 is 1.83 bits per heavy atom. The number of para-hydroxylation sites is 1. The van der Waals surface area contributed by atoms with Crippen LogP contribution < -0.4 is 15.5 Å². The summed E-state index contributed by atoms with van der Waals surface area (Å²) in [5, 5.41) is 8.01. The maximum absolute atomic E-state index is 14.0. The molecule has 0 spiro atoms. The maximum Gasteiger partial charge on any atom is 0.319 e. The van der Waals surface area contributed by atoms with Gasteiger partial charge in [-0.1, -0.05) is 24.3 Å². The highest BCUT2D eigenvalue weighted by Gasteiger charge is 2.56. The zero-order valence-corrected chi connectivity index (χ0v) is 16.3. The first kappa shape index (κ1) is 18.1. The van der Waals surface area contributed by atoms with Crippen LogP contribution in [0, 0.1) is 23.5 Å². The smallest absolute Gasteiger partial charge is 0.319 e. The molecule has 1 saturated carbocycles. The average molecular weight is 411 g/mol. The van der Waals surface area contributed by atoms with E-state index in [9.17, 15) is 13.6 Å². The van der Waals surface area contributed by atoms with E-state index in [0.29, 0.717) is 18.8 Å². The van der Waals surface area contributed by atoms with Crippen molar-refractivity contribution in [1.29, 1.82) is 0 Å². The van der Waals surface area contributed by atoms with Crippen molar-refractivity contribution in [1.82, 2.24) is 5.32 Å². The number of anilines is 2. The van der Waals surface area contributed by atoms with Gasteiger partial charge in [0.25, 0.3) is 0 Å². The predicted molar refractivity (Wildman–Crippen MR) is 111 cm³/mol. The fourth-order valence-electron chi connectivity index (χ4n) is 4.22. The Morgan fingerprint density at radius 3 is 2.55 bits per heavy atom. The number of benzene rings is 2. The SMILES string of the molecule is O=C(Nc1ccccc1-c1cccs1)NC1C2CN(c3ccc(F)cc3F)CC21. The molecule has 1 aliphatic heterocycles. The minimum Gasteiger partial charge on any atom is -0.368 e. The number of nitrogens with one attached hydrogen (secondary N) is 2. The summed E-state index contributed by atoms with van der Waals surface area (Å²) in [4.78, 5) is 15.5. The third kappa shape index (κ3) is 3.46. The molecular formula is C22H19F2N3OS. The summed E-state index contributed by atoms with van der Waals surface area (Å²) in [5.41, 5.74) is 2.19. The van der Waals surface area contributed by atoms with Gasteiger partial charge in [-0.2, -0.15) is 0 Å². The van der Waals surface area contributed by atoms with Gasteiger partial charge in [0.05, 0.1) is 11.4 Å². The molecule has 2 fully saturated rings. The molecule has 2 aliphatic rings. The summed E-state index contributed by atoms with van der Waals surface area (Å²) in [7, 11) is 0. The van der Waals surface area contributed by atoms with Crippen LogP contribution in [0.4, 0.5) is 25.0 Å². The van der Waals surface area contributed by atoms with Gasteiger partial charge < -0.3 is 15.5 Å². The van der Waals surface area contributed by atoms with Gasteiger partial charge in [0.1, 0.15) is 11.6 Å². The number of urea groups is 1. The third-order valence-electron chi connectivity index (χ3n) is 5.70. The van der Waals surface area contributed by atoms with Crippen LogP contribution in [0.1, 0.15) is 0 Å². The molecular weight excluding hydrogens is 392 g/mol. The van der Waals surface area contributed by atoms with Gasteiger partial charge in [-0.05, 0) is 29.6 Å². The van der Waals surface area contributed by atoms with Crippen LogP contribution in [0.3, 0.4) is 0 Å². The first-order chi connectivity index (χ1) is 14.1. The fourth-order valence-corrected chi connectivity index (χ4v) is 4.99. The van der Waals surface area contributed by atoms with Crippen LogP contribution in [-0.4, -0.2) is 25.2 Å². The lowest BCUT2D eigenvalue weighted by atomic mass is 10.1. The van der Waals surface area contributed by atoms with E-state index in [-0.39, 0.29) is 23.9 Å². The topological polar surface area (TPSA) is 44.4 Å². The molecule has 2 atom stereocenters. The van der Waals surface area contributed by atoms with E-state index >= 15 is 0 Å². The molecule has 2 amide bonds. The van der Waals surface area contributed by atoms with Gasteiger partial charge >= 0.3 is 6.03 Å². The zero-order chi connectivity index (χ0) is 20.0. The second-order valence-corrected chi connectivity index (χ2v) is 8.42. The van der Waals surface area contributed by atoms with Crippen molar-refractivity contribution >= 4 is 28.7 Å². The number of rotatable bonds is 4. The third-order valence-corrected chi connectivity index (χ3v) is 6.61. The molecule has 29 heavy (non-hydrogen) atoms. The normalized spacial score (nSPS) is 22.3. The first-order valence-electron chi connectivity index (χ1n) is 9.50. The van der Waals surface area contributed by atoms with Crippen molar-refractivity contribution in [2.24, 2.45) is 11.8 Å². The molecule has 2 heterocycles. The minimum absolute atomic E-state index is 0.0867. The van der Waals surface area contributed by atoms with Crippen LogP contribution in [0.25, 0.3) is 10.4 Å². The molecule has 4 nitrogen and oxygen atoms in total. The number of nitrogens with zero attached hydrogens (tertiary/aromatic N) is 1. The highest BCUT2D eigenvalue weighted by Crippen LogP contribution is 2.47. The van der Waals surface area contributed by atoms with Crippen molar-refractivity contribution in [2.45, 2.75) is 6.04 Å².